The van der Waals surface area contributed by atoms with Gasteiger partial charge in [-0.25, -0.2) is 0 Å². The van der Waals surface area contributed by atoms with Crippen molar-refractivity contribution >= 4 is 0 Å². The first-order valence-electron chi connectivity index (χ1n) is 6.97. The SMILES string of the molecule is N#CC1=C(N)Oc2cc(O)ccc2[C@H]1c1ccc2c(c1)OCO2. The van der Waals surface area contributed by atoms with E-state index in [0.717, 1.165) is 11.1 Å². The molecule has 3 N–H and O–H groups in total. The topological polar surface area (TPSA) is 97.7 Å². The van der Waals surface area contributed by atoms with Crippen LogP contribution in [0.4, 0.5) is 0 Å². The molecule has 0 unspecified atom stereocenters. The second-order valence-corrected chi connectivity index (χ2v) is 5.26. The minimum absolute atomic E-state index is 0.0354. The van der Waals surface area contributed by atoms with Gasteiger partial charge in [-0.05, 0) is 23.8 Å². The molecular formula is C17H12N2O4. The fraction of sp³-hybridized carbons (Fsp3) is 0.118. The molecule has 0 fully saturated rings. The average Bonchev–Trinajstić information content (AvgIpc) is 3.00. The summed E-state index contributed by atoms with van der Waals surface area (Å²) in [5, 5.41) is 19.1. The van der Waals surface area contributed by atoms with Crippen molar-refractivity contribution in [2.24, 2.45) is 5.73 Å². The van der Waals surface area contributed by atoms with Gasteiger partial charge in [-0.2, -0.15) is 5.26 Å². The zero-order chi connectivity index (χ0) is 16.0. The molecular weight excluding hydrogens is 296 g/mol. The normalized spacial score (nSPS) is 18.1. The van der Waals surface area contributed by atoms with Crippen molar-refractivity contribution in [3.63, 3.8) is 0 Å². The molecule has 2 aromatic rings. The van der Waals surface area contributed by atoms with Crippen LogP contribution >= 0.6 is 0 Å². The van der Waals surface area contributed by atoms with E-state index >= 15 is 0 Å². The monoisotopic (exact) mass is 308 g/mol. The quantitative estimate of drug-likeness (QED) is 0.839. The Morgan fingerprint density at radius 1 is 1.09 bits per heavy atom. The van der Waals surface area contributed by atoms with Gasteiger partial charge in [0, 0.05) is 11.6 Å². The number of hydrogen-bond donors (Lipinski definition) is 2. The molecule has 6 heteroatoms. The van der Waals surface area contributed by atoms with Gasteiger partial charge in [0.2, 0.25) is 12.7 Å². The van der Waals surface area contributed by atoms with E-state index in [1.165, 1.54) is 6.07 Å². The standard InChI is InChI=1S/C17H12N2O4/c18-7-12-16(9-1-4-13-15(5-9)22-8-21-13)11-3-2-10(20)6-14(11)23-17(12)19/h1-6,16,20H,8,19H2/t16-/m1/s1. The number of hydrogen-bond acceptors (Lipinski definition) is 6. The number of benzene rings is 2. The molecule has 6 nitrogen and oxygen atoms in total. The third-order valence-corrected chi connectivity index (χ3v) is 3.93. The van der Waals surface area contributed by atoms with Crippen LogP contribution in [0.25, 0.3) is 0 Å². The molecule has 2 aromatic carbocycles. The van der Waals surface area contributed by atoms with Crippen LogP contribution in [0.3, 0.4) is 0 Å². The molecule has 0 amide bonds. The molecule has 0 aliphatic carbocycles. The highest BCUT2D eigenvalue weighted by Crippen LogP contribution is 2.45. The molecule has 0 saturated carbocycles. The van der Waals surface area contributed by atoms with Gasteiger partial charge in [0.05, 0.1) is 5.92 Å². The fourth-order valence-electron chi connectivity index (χ4n) is 2.88. The highest BCUT2D eigenvalue weighted by Gasteiger charge is 2.31. The predicted octanol–water partition coefficient (Wildman–Crippen LogP) is 2.34. The van der Waals surface area contributed by atoms with E-state index in [9.17, 15) is 10.4 Å². The van der Waals surface area contributed by atoms with Crippen LogP contribution < -0.4 is 19.9 Å². The van der Waals surface area contributed by atoms with E-state index in [4.69, 9.17) is 19.9 Å². The van der Waals surface area contributed by atoms with Gasteiger partial charge in [-0.3, -0.25) is 0 Å². The van der Waals surface area contributed by atoms with E-state index in [1.807, 2.05) is 12.1 Å². The first-order valence-corrected chi connectivity index (χ1v) is 6.97. The fourth-order valence-corrected chi connectivity index (χ4v) is 2.88. The molecule has 0 radical (unpaired) electrons. The smallest absolute Gasteiger partial charge is 0.231 e. The number of allylic oxidation sites excluding steroid dienone is 1. The Balaban J connectivity index is 1.90. The lowest BCUT2D eigenvalue weighted by Crippen LogP contribution is -2.20. The van der Waals surface area contributed by atoms with Crippen LogP contribution in [0.1, 0.15) is 17.0 Å². The molecule has 114 valence electrons. The summed E-state index contributed by atoms with van der Waals surface area (Å²) in [7, 11) is 0. The second-order valence-electron chi connectivity index (χ2n) is 5.26. The van der Waals surface area contributed by atoms with Crippen LogP contribution in [0.5, 0.6) is 23.0 Å². The highest BCUT2D eigenvalue weighted by molar-refractivity contribution is 5.59. The van der Waals surface area contributed by atoms with Gasteiger partial charge in [-0.1, -0.05) is 12.1 Å². The number of aromatic hydroxyl groups is 1. The number of fused-ring (bicyclic) bond motifs is 2. The lowest BCUT2D eigenvalue weighted by Gasteiger charge is -2.26. The van der Waals surface area contributed by atoms with Crippen molar-refractivity contribution in [3.05, 3.63) is 59.0 Å². The van der Waals surface area contributed by atoms with Crippen molar-refractivity contribution in [1.82, 2.24) is 0 Å². The lowest BCUT2D eigenvalue weighted by atomic mass is 9.83. The van der Waals surface area contributed by atoms with Crippen molar-refractivity contribution in [2.75, 3.05) is 6.79 Å². The number of nitrogens with two attached hydrogens (primary N) is 1. The summed E-state index contributed by atoms with van der Waals surface area (Å²) >= 11 is 0. The number of phenolic OH excluding ortho intramolecular Hbond substituents is 1. The minimum atomic E-state index is -0.390. The Bertz CT molecular complexity index is 883. The molecule has 23 heavy (non-hydrogen) atoms. The highest BCUT2D eigenvalue weighted by atomic mass is 16.7. The van der Waals surface area contributed by atoms with Crippen LogP contribution in [0, 0.1) is 11.3 Å². The molecule has 2 heterocycles. The van der Waals surface area contributed by atoms with Crippen LogP contribution in [0.2, 0.25) is 0 Å². The number of nitrogens with zero attached hydrogens (tertiary/aromatic N) is 1. The summed E-state index contributed by atoms with van der Waals surface area (Å²) in [6, 6.07) is 12.4. The third-order valence-electron chi connectivity index (χ3n) is 3.93. The van der Waals surface area contributed by atoms with E-state index in [1.54, 1.807) is 18.2 Å². The first-order chi connectivity index (χ1) is 11.2. The second kappa shape index (κ2) is 4.85. The summed E-state index contributed by atoms with van der Waals surface area (Å²) < 4.78 is 16.2. The zero-order valence-electron chi connectivity index (χ0n) is 11.9. The van der Waals surface area contributed by atoms with E-state index < -0.39 is 0 Å². The maximum absolute atomic E-state index is 9.64. The van der Waals surface area contributed by atoms with Crippen molar-refractivity contribution in [3.8, 4) is 29.1 Å². The molecule has 1 atom stereocenters. The van der Waals surface area contributed by atoms with Gasteiger partial charge >= 0.3 is 0 Å². The lowest BCUT2D eigenvalue weighted by molar-refractivity contribution is 0.174. The average molecular weight is 308 g/mol. The molecule has 4 rings (SSSR count). The Labute approximate surface area is 131 Å². The maximum Gasteiger partial charge on any atom is 0.231 e. The van der Waals surface area contributed by atoms with Gasteiger partial charge in [0.15, 0.2) is 11.5 Å². The van der Waals surface area contributed by atoms with Crippen LogP contribution in [-0.4, -0.2) is 11.9 Å². The molecule has 2 aliphatic rings. The molecule has 0 aromatic heterocycles. The Morgan fingerprint density at radius 2 is 1.91 bits per heavy atom. The third kappa shape index (κ3) is 2.02. The number of phenols is 1. The number of rotatable bonds is 1. The molecule has 0 bridgehead atoms. The maximum atomic E-state index is 9.64. The summed E-state index contributed by atoms with van der Waals surface area (Å²) in [5.41, 5.74) is 7.81. The summed E-state index contributed by atoms with van der Waals surface area (Å²) in [4.78, 5) is 0. The van der Waals surface area contributed by atoms with Crippen LogP contribution in [0.15, 0.2) is 47.9 Å². The molecule has 0 saturated heterocycles. The van der Waals surface area contributed by atoms with E-state index in [2.05, 4.69) is 6.07 Å². The summed E-state index contributed by atoms with van der Waals surface area (Å²) in [5.74, 6) is 1.45. The van der Waals surface area contributed by atoms with Gasteiger partial charge < -0.3 is 25.1 Å². The number of ether oxygens (including phenoxy) is 3. The van der Waals surface area contributed by atoms with Gasteiger partial charge in [0.1, 0.15) is 23.1 Å². The summed E-state index contributed by atoms with van der Waals surface area (Å²) in [6.07, 6.45) is 0. The summed E-state index contributed by atoms with van der Waals surface area (Å²) in [6.45, 7) is 0.181. The van der Waals surface area contributed by atoms with E-state index in [0.29, 0.717) is 22.8 Å². The largest absolute Gasteiger partial charge is 0.508 e. The first kappa shape index (κ1) is 13.3. The van der Waals surface area contributed by atoms with Crippen molar-refractivity contribution in [2.45, 2.75) is 5.92 Å². The Hall–Kier alpha value is -3.33. The van der Waals surface area contributed by atoms with E-state index in [-0.39, 0.29) is 24.3 Å². The predicted molar refractivity (Wildman–Crippen MR) is 80.0 cm³/mol. The van der Waals surface area contributed by atoms with Crippen molar-refractivity contribution < 1.29 is 19.3 Å². The van der Waals surface area contributed by atoms with Crippen molar-refractivity contribution in [1.29, 1.82) is 5.26 Å². The van der Waals surface area contributed by atoms with Gasteiger partial charge in [0.25, 0.3) is 0 Å². The minimum Gasteiger partial charge on any atom is -0.508 e. The Morgan fingerprint density at radius 3 is 2.74 bits per heavy atom. The molecule has 2 aliphatic heterocycles. The van der Waals surface area contributed by atoms with Crippen LogP contribution in [-0.2, 0) is 0 Å². The zero-order valence-corrected chi connectivity index (χ0v) is 11.9. The Kier molecular flexibility index (Phi) is 2.81. The number of nitriles is 1. The van der Waals surface area contributed by atoms with Gasteiger partial charge in [-0.15, -0.1) is 0 Å². The molecule has 0 spiro atoms.